The first-order chi connectivity index (χ1) is 6.77. The molecule has 2 aromatic rings. The monoisotopic (exact) mass is 189 g/mol. The highest BCUT2D eigenvalue weighted by molar-refractivity contribution is 5.77. The van der Waals surface area contributed by atoms with Gasteiger partial charge in [-0.1, -0.05) is 18.2 Å². The Hall–Kier alpha value is -2.28. The van der Waals surface area contributed by atoms with Crippen molar-refractivity contribution >= 4 is 11.0 Å². The summed E-state index contributed by atoms with van der Waals surface area (Å²) < 4.78 is 4.79. The van der Waals surface area contributed by atoms with Crippen molar-refractivity contribution in [3.63, 3.8) is 0 Å². The molecule has 0 aliphatic rings. The third-order valence-electron chi connectivity index (χ3n) is 1.62. The van der Waals surface area contributed by atoms with Gasteiger partial charge in [0.1, 0.15) is 5.58 Å². The van der Waals surface area contributed by atoms with Crippen LogP contribution in [0.1, 0.15) is 0 Å². The van der Waals surface area contributed by atoms with Gasteiger partial charge >= 0.3 is 5.63 Å². The number of benzene rings is 1. The van der Waals surface area contributed by atoms with Crippen LogP contribution < -0.4 is 5.63 Å². The number of fused-ring (bicyclic) bond motifs is 1. The van der Waals surface area contributed by atoms with Crippen LogP contribution in [0.25, 0.3) is 11.0 Å². The quantitative estimate of drug-likeness (QED) is 0.639. The van der Waals surface area contributed by atoms with E-state index >= 15 is 0 Å². The normalized spacial score (nSPS) is 9.00. The van der Waals surface area contributed by atoms with Gasteiger partial charge in [-0.3, -0.25) is 0 Å². The molecule has 0 spiro atoms. The Bertz CT molecular complexity index is 513. The molecule has 0 bridgehead atoms. The molecule has 4 nitrogen and oxygen atoms in total. The Kier molecular flexibility index (Phi) is 2.87. The Labute approximate surface area is 79.6 Å². The molecule has 0 unspecified atom stereocenters. The molecule has 70 valence electrons. The van der Waals surface area contributed by atoms with Crippen LogP contribution in [-0.2, 0) is 0 Å². The van der Waals surface area contributed by atoms with Crippen molar-refractivity contribution in [1.29, 1.82) is 5.26 Å². The molecule has 1 aromatic carbocycles. The zero-order chi connectivity index (χ0) is 10.6. The lowest BCUT2D eigenvalue weighted by Gasteiger charge is -1.94. The minimum absolute atomic E-state index is 0.353. The summed E-state index contributed by atoms with van der Waals surface area (Å²) in [4.78, 5) is 10.8. The van der Waals surface area contributed by atoms with Crippen molar-refractivity contribution in [3.8, 4) is 12.3 Å². The molecule has 1 heterocycles. The molecule has 1 aromatic heterocycles. The molecule has 0 radical (unpaired) electrons. The first-order valence-electron chi connectivity index (χ1n) is 3.75. The Morgan fingerprint density at radius 3 is 2.64 bits per heavy atom. The molecule has 0 fully saturated rings. The van der Waals surface area contributed by atoms with Crippen molar-refractivity contribution in [2.75, 3.05) is 0 Å². The third-order valence-corrected chi connectivity index (χ3v) is 1.62. The first kappa shape index (κ1) is 9.81. The molecule has 14 heavy (non-hydrogen) atoms. The summed E-state index contributed by atoms with van der Waals surface area (Å²) >= 11 is 0. The number of hydrogen-bond donors (Lipinski definition) is 1. The summed E-state index contributed by atoms with van der Waals surface area (Å²) in [5, 5.41) is 16.2. The maximum Gasteiger partial charge on any atom is 0.378 e. The number of hydrogen-bond acceptors (Lipinski definition) is 4. The molecule has 0 atom stereocenters. The molecule has 4 heteroatoms. The lowest BCUT2D eigenvalue weighted by atomic mass is 10.2. The van der Waals surface area contributed by atoms with Crippen molar-refractivity contribution in [2.45, 2.75) is 0 Å². The Morgan fingerprint density at radius 2 is 1.93 bits per heavy atom. The largest absolute Gasteiger partial charge is 0.502 e. The Morgan fingerprint density at radius 1 is 1.29 bits per heavy atom. The van der Waals surface area contributed by atoms with Crippen molar-refractivity contribution < 1.29 is 9.52 Å². The van der Waals surface area contributed by atoms with Crippen LogP contribution in [-0.4, -0.2) is 5.11 Å². The van der Waals surface area contributed by atoms with Gasteiger partial charge in [-0.05, 0) is 12.1 Å². The molecule has 0 saturated heterocycles. The van der Waals surface area contributed by atoms with E-state index in [0.717, 1.165) is 5.39 Å². The highest BCUT2D eigenvalue weighted by Gasteiger charge is 2.00. The van der Waals surface area contributed by atoms with E-state index in [-0.39, 0.29) is 5.75 Å². The molecular formula is C10H7NO3. The van der Waals surface area contributed by atoms with Crippen LogP contribution in [0, 0.1) is 11.8 Å². The molecule has 0 saturated carbocycles. The molecule has 1 N–H and O–H groups in total. The minimum Gasteiger partial charge on any atom is -0.502 e. The van der Waals surface area contributed by atoms with E-state index in [2.05, 4.69) is 6.57 Å². The van der Waals surface area contributed by atoms with Gasteiger partial charge in [0.15, 0.2) is 0 Å². The van der Waals surface area contributed by atoms with E-state index in [1.54, 1.807) is 18.2 Å². The zero-order valence-electron chi connectivity index (χ0n) is 7.18. The van der Waals surface area contributed by atoms with E-state index in [9.17, 15) is 4.79 Å². The topological polar surface area (TPSA) is 74.2 Å². The maximum absolute atomic E-state index is 10.8. The van der Waals surface area contributed by atoms with Crippen LogP contribution in [0.4, 0.5) is 0 Å². The predicted octanol–water partition coefficient (Wildman–Crippen LogP) is 1.64. The third kappa shape index (κ3) is 1.72. The predicted molar refractivity (Wildman–Crippen MR) is 50.8 cm³/mol. The minimum atomic E-state index is -0.700. The second-order valence-corrected chi connectivity index (χ2v) is 2.46. The molecular weight excluding hydrogens is 182 g/mol. The second-order valence-electron chi connectivity index (χ2n) is 2.46. The number of para-hydroxylation sites is 1. The lowest BCUT2D eigenvalue weighted by molar-refractivity contribution is 0.428. The van der Waals surface area contributed by atoms with E-state index in [4.69, 9.17) is 14.8 Å². The highest BCUT2D eigenvalue weighted by atomic mass is 16.4. The number of aromatic hydroxyl groups is 1. The first-order valence-corrected chi connectivity index (χ1v) is 3.75. The van der Waals surface area contributed by atoms with E-state index in [1.165, 1.54) is 6.07 Å². The van der Waals surface area contributed by atoms with Gasteiger partial charge in [0.2, 0.25) is 5.75 Å². The van der Waals surface area contributed by atoms with Crippen LogP contribution in [0.2, 0.25) is 0 Å². The average molecular weight is 189 g/mol. The number of nitriles is 1. The summed E-state index contributed by atoms with van der Waals surface area (Å²) in [6, 6.07) is 8.40. The van der Waals surface area contributed by atoms with Gasteiger partial charge < -0.3 is 9.52 Å². The van der Waals surface area contributed by atoms with Crippen molar-refractivity contribution in [2.24, 2.45) is 0 Å². The fourth-order valence-electron chi connectivity index (χ4n) is 1.05. The van der Waals surface area contributed by atoms with Crippen LogP contribution in [0.15, 0.2) is 39.5 Å². The maximum atomic E-state index is 10.8. The summed E-state index contributed by atoms with van der Waals surface area (Å²) in [5.74, 6) is -0.353. The van der Waals surface area contributed by atoms with Gasteiger partial charge in [0.05, 0.1) is 0 Å². The van der Waals surface area contributed by atoms with E-state index < -0.39 is 5.63 Å². The molecule has 0 aliphatic carbocycles. The number of nitrogens with zero attached hydrogens (tertiary/aromatic N) is 1. The average Bonchev–Trinajstić information content (AvgIpc) is 2.23. The summed E-state index contributed by atoms with van der Waals surface area (Å²) in [6.07, 6.45) is 0. The summed E-state index contributed by atoms with van der Waals surface area (Å²) in [7, 11) is 0. The molecule has 0 amide bonds. The van der Waals surface area contributed by atoms with E-state index in [0.29, 0.717) is 5.58 Å². The highest BCUT2D eigenvalue weighted by Crippen LogP contribution is 2.14. The standard InChI is InChI=1S/C9H6O3.CHN/c10-7-5-6-3-1-2-4-8(6)12-9(7)11;1-2/h1-5,10H;1H. The van der Waals surface area contributed by atoms with Gasteiger partial charge in [-0.15, -0.1) is 0 Å². The van der Waals surface area contributed by atoms with Crippen LogP contribution in [0.3, 0.4) is 0 Å². The fourth-order valence-corrected chi connectivity index (χ4v) is 1.05. The van der Waals surface area contributed by atoms with Crippen LogP contribution in [0.5, 0.6) is 5.75 Å². The molecule has 0 aliphatic heterocycles. The zero-order valence-corrected chi connectivity index (χ0v) is 7.18. The smallest absolute Gasteiger partial charge is 0.378 e. The van der Waals surface area contributed by atoms with Gasteiger partial charge in [-0.2, -0.15) is 0 Å². The fraction of sp³-hybridized carbons (Fsp3) is 0. The van der Waals surface area contributed by atoms with Crippen molar-refractivity contribution in [3.05, 3.63) is 40.8 Å². The van der Waals surface area contributed by atoms with Gasteiger partial charge in [0.25, 0.3) is 0 Å². The second kappa shape index (κ2) is 4.10. The Balaban J connectivity index is 0.000000461. The summed E-state index contributed by atoms with van der Waals surface area (Å²) in [5.41, 5.74) is -0.214. The molecule has 2 rings (SSSR count). The lowest BCUT2D eigenvalue weighted by Crippen LogP contribution is -1.96. The van der Waals surface area contributed by atoms with Crippen LogP contribution >= 0.6 is 0 Å². The number of rotatable bonds is 0. The van der Waals surface area contributed by atoms with E-state index in [1.807, 2.05) is 6.07 Å². The van der Waals surface area contributed by atoms with Gasteiger partial charge in [-0.25, -0.2) is 10.1 Å². The SMILES string of the molecule is C#N.O=c1oc2ccccc2cc1O. The summed E-state index contributed by atoms with van der Waals surface area (Å²) in [6.45, 7) is 3.50. The van der Waals surface area contributed by atoms with Crippen molar-refractivity contribution in [1.82, 2.24) is 0 Å². The van der Waals surface area contributed by atoms with Gasteiger partial charge in [0, 0.05) is 12.0 Å².